The Hall–Kier alpha value is -2.69. The van der Waals surface area contributed by atoms with Crippen molar-refractivity contribution in [1.29, 1.82) is 0 Å². The highest BCUT2D eigenvalue weighted by Crippen LogP contribution is 2.45. The van der Waals surface area contributed by atoms with Crippen molar-refractivity contribution in [3.05, 3.63) is 70.2 Å². The van der Waals surface area contributed by atoms with E-state index in [0.717, 1.165) is 17.6 Å². The third-order valence-electron chi connectivity index (χ3n) is 5.03. The Morgan fingerprint density at radius 3 is 2.68 bits per heavy atom. The van der Waals surface area contributed by atoms with Gasteiger partial charge in [0.1, 0.15) is 5.75 Å². The van der Waals surface area contributed by atoms with E-state index >= 15 is 0 Å². The van der Waals surface area contributed by atoms with Crippen LogP contribution in [0, 0.1) is 6.92 Å². The Morgan fingerprint density at radius 2 is 2.06 bits per heavy atom. The predicted octanol–water partition coefficient (Wildman–Crippen LogP) is 4.01. The molecule has 1 saturated heterocycles. The molecule has 3 heterocycles. The maximum atomic E-state index is 11.7. The van der Waals surface area contributed by atoms with Gasteiger partial charge in [-0.3, -0.25) is 9.71 Å². The van der Waals surface area contributed by atoms with Gasteiger partial charge in [-0.25, -0.2) is 8.42 Å². The van der Waals surface area contributed by atoms with Gasteiger partial charge in [-0.05, 0) is 60.4 Å². The SMILES string of the molecule is COc1cc(N2C(=S)N[C@H](c3ccccn3)[C@H]2c2sccc2C)ccc1NS(C)(=O)=O. The highest BCUT2D eigenvalue weighted by Gasteiger charge is 2.42. The highest BCUT2D eigenvalue weighted by atomic mass is 32.2. The lowest BCUT2D eigenvalue weighted by molar-refractivity contribution is 0.417. The lowest BCUT2D eigenvalue weighted by atomic mass is 10.0. The molecule has 0 bridgehead atoms. The Balaban J connectivity index is 1.81. The lowest BCUT2D eigenvalue weighted by Crippen LogP contribution is -2.29. The number of nitrogens with one attached hydrogen (secondary N) is 2. The topological polar surface area (TPSA) is 83.6 Å². The van der Waals surface area contributed by atoms with Crippen LogP contribution in [-0.4, -0.2) is 31.9 Å². The Bertz CT molecular complexity index is 1210. The van der Waals surface area contributed by atoms with Crippen molar-refractivity contribution >= 4 is 50.1 Å². The number of pyridine rings is 1. The molecule has 0 amide bonds. The van der Waals surface area contributed by atoms with Crippen LogP contribution in [0.5, 0.6) is 5.75 Å². The van der Waals surface area contributed by atoms with E-state index in [1.54, 1.807) is 29.7 Å². The van der Waals surface area contributed by atoms with Gasteiger partial charge >= 0.3 is 0 Å². The molecule has 3 aromatic rings. The maximum Gasteiger partial charge on any atom is 0.229 e. The molecule has 0 radical (unpaired) electrons. The van der Waals surface area contributed by atoms with Gasteiger partial charge in [0, 0.05) is 22.8 Å². The minimum Gasteiger partial charge on any atom is -0.494 e. The van der Waals surface area contributed by atoms with Crippen LogP contribution in [0.4, 0.5) is 11.4 Å². The van der Waals surface area contributed by atoms with Crippen LogP contribution in [-0.2, 0) is 10.0 Å². The second-order valence-electron chi connectivity index (χ2n) is 7.22. The number of aryl methyl sites for hydroxylation is 1. The molecule has 162 valence electrons. The van der Waals surface area contributed by atoms with Crippen molar-refractivity contribution in [2.45, 2.75) is 19.0 Å². The zero-order valence-electron chi connectivity index (χ0n) is 17.2. The molecule has 7 nitrogen and oxygen atoms in total. The molecule has 0 unspecified atom stereocenters. The van der Waals surface area contributed by atoms with Gasteiger partial charge in [0.25, 0.3) is 0 Å². The number of nitrogens with zero attached hydrogens (tertiary/aromatic N) is 2. The fourth-order valence-electron chi connectivity index (χ4n) is 3.70. The Morgan fingerprint density at radius 1 is 1.26 bits per heavy atom. The first-order valence-corrected chi connectivity index (χ1v) is 12.7. The van der Waals surface area contributed by atoms with Crippen LogP contribution in [0.25, 0.3) is 0 Å². The van der Waals surface area contributed by atoms with Gasteiger partial charge in [0.15, 0.2) is 5.11 Å². The maximum absolute atomic E-state index is 11.7. The number of hydrogen-bond donors (Lipinski definition) is 2. The van der Waals surface area contributed by atoms with E-state index in [2.05, 4.69) is 33.4 Å². The second kappa shape index (κ2) is 8.45. The summed E-state index contributed by atoms with van der Waals surface area (Å²) in [7, 11) is -1.93. The first-order valence-electron chi connectivity index (χ1n) is 9.49. The number of rotatable bonds is 6. The molecule has 31 heavy (non-hydrogen) atoms. The Labute approximate surface area is 191 Å². The van der Waals surface area contributed by atoms with E-state index in [-0.39, 0.29) is 12.1 Å². The summed E-state index contributed by atoms with van der Waals surface area (Å²) in [6, 6.07) is 13.0. The number of sulfonamides is 1. The number of thiocarbonyl (C=S) groups is 1. The standard InChI is InChI=1S/C21H22N4O3S3/c1-13-9-11-30-20(13)19-18(16-6-4-5-10-22-16)23-21(29)25(19)14-7-8-15(17(12-14)28-2)24-31(3,26)27/h4-12,18-19,24H,1-3H3,(H,23,29)/t18-,19+/m1/s1. The van der Waals surface area contributed by atoms with Crippen molar-refractivity contribution in [3.8, 4) is 5.75 Å². The average molecular weight is 475 g/mol. The molecule has 2 atom stereocenters. The number of benzene rings is 1. The second-order valence-corrected chi connectivity index (χ2v) is 10.3. The number of anilines is 2. The van der Waals surface area contributed by atoms with Crippen molar-refractivity contribution in [2.24, 2.45) is 0 Å². The summed E-state index contributed by atoms with van der Waals surface area (Å²) in [6.45, 7) is 2.08. The van der Waals surface area contributed by atoms with E-state index in [1.807, 2.05) is 29.2 Å². The zero-order valence-corrected chi connectivity index (χ0v) is 19.6. The van der Waals surface area contributed by atoms with Crippen LogP contribution in [0.3, 0.4) is 0 Å². The molecule has 1 fully saturated rings. The van der Waals surface area contributed by atoms with Crippen LogP contribution in [0.15, 0.2) is 54.0 Å². The van der Waals surface area contributed by atoms with E-state index < -0.39 is 10.0 Å². The molecular weight excluding hydrogens is 452 g/mol. The molecule has 0 saturated carbocycles. The van der Waals surface area contributed by atoms with Gasteiger partial charge < -0.3 is 15.0 Å². The summed E-state index contributed by atoms with van der Waals surface area (Å²) in [6.07, 6.45) is 2.88. The largest absolute Gasteiger partial charge is 0.494 e. The molecule has 2 N–H and O–H groups in total. The van der Waals surface area contributed by atoms with Gasteiger partial charge in [-0.15, -0.1) is 11.3 Å². The number of thiophene rings is 1. The van der Waals surface area contributed by atoms with Gasteiger partial charge in [0.05, 0.1) is 36.8 Å². The van der Waals surface area contributed by atoms with Crippen molar-refractivity contribution in [3.63, 3.8) is 0 Å². The first kappa shape index (κ1) is 21.5. The molecule has 1 aliphatic rings. The Kier molecular flexibility index (Phi) is 5.87. The number of aromatic nitrogens is 1. The van der Waals surface area contributed by atoms with Crippen molar-refractivity contribution < 1.29 is 13.2 Å². The van der Waals surface area contributed by atoms with Gasteiger partial charge in [-0.2, -0.15) is 0 Å². The average Bonchev–Trinajstić information content (AvgIpc) is 3.30. The van der Waals surface area contributed by atoms with Crippen LogP contribution >= 0.6 is 23.6 Å². The van der Waals surface area contributed by atoms with E-state index in [4.69, 9.17) is 17.0 Å². The summed E-state index contributed by atoms with van der Waals surface area (Å²) in [4.78, 5) is 7.78. The van der Waals surface area contributed by atoms with E-state index in [1.165, 1.54) is 17.6 Å². The fraction of sp³-hybridized carbons (Fsp3) is 0.238. The number of methoxy groups -OCH3 is 1. The minimum absolute atomic E-state index is 0.110. The summed E-state index contributed by atoms with van der Waals surface area (Å²) in [5.41, 5.74) is 3.24. The molecule has 1 aliphatic heterocycles. The van der Waals surface area contributed by atoms with Crippen LogP contribution < -0.4 is 19.7 Å². The normalized spacial score (nSPS) is 18.7. The predicted molar refractivity (Wildman–Crippen MR) is 128 cm³/mol. The van der Waals surface area contributed by atoms with Crippen molar-refractivity contribution in [2.75, 3.05) is 23.0 Å². The van der Waals surface area contributed by atoms with E-state index in [9.17, 15) is 8.42 Å². The minimum atomic E-state index is -3.44. The van der Waals surface area contributed by atoms with Gasteiger partial charge in [0.2, 0.25) is 10.0 Å². The third kappa shape index (κ3) is 4.36. The van der Waals surface area contributed by atoms with Crippen LogP contribution in [0.1, 0.15) is 28.2 Å². The monoisotopic (exact) mass is 474 g/mol. The first-order chi connectivity index (χ1) is 14.8. The number of ether oxygens (including phenoxy) is 1. The smallest absolute Gasteiger partial charge is 0.229 e. The molecule has 10 heteroatoms. The van der Waals surface area contributed by atoms with Crippen molar-refractivity contribution in [1.82, 2.24) is 10.3 Å². The van der Waals surface area contributed by atoms with Gasteiger partial charge in [-0.1, -0.05) is 6.07 Å². The fourth-order valence-corrected chi connectivity index (χ4v) is 5.67. The summed E-state index contributed by atoms with van der Waals surface area (Å²) in [5.74, 6) is 0.411. The van der Waals surface area contributed by atoms with Crippen LogP contribution in [0.2, 0.25) is 0 Å². The number of hydrogen-bond acceptors (Lipinski definition) is 6. The molecule has 1 aromatic carbocycles. The molecule has 4 rings (SSSR count). The summed E-state index contributed by atoms with van der Waals surface area (Å²) < 4.78 is 31.3. The lowest BCUT2D eigenvalue weighted by Gasteiger charge is -2.28. The quantitative estimate of drug-likeness (QED) is 0.522. The third-order valence-corrected chi connectivity index (χ3v) is 7.02. The molecular formula is C21H22N4O3S3. The summed E-state index contributed by atoms with van der Waals surface area (Å²) >= 11 is 7.41. The zero-order chi connectivity index (χ0) is 22.2. The molecule has 2 aromatic heterocycles. The van der Waals surface area contributed by atoms with E-state index in [0.29, 0.717) is 16.5 Å². The summed E-state index contributed by atoms with van der Waals surface area (Å²) in [5, 5.41) is 6.06. The molecule has 0 spiro atoms. The highest BCUT2D eigenvalue weighted by molar-refractivity contribution is 7.92. The molecule has 0 aliphatic carbocycles.